The molecule has 122 valence electrons. The number of benzene rings is 1. The van der Waals surface area contributed by atoms with Gasteiger partial charge in [-0.3, -0.25) is 9.59 Å². The van der Waals surface area contributed by atoms with Gasteiger partial charge >= 0.3 is 0 Å². The first-order valence-electron chi connectivity index (χ1n) is 7.48. The molecule has 0 fully saturated rings. The van der Waals surface area contributed by atoms with E-state index in [0.29, 0.717) is 17.8 Å². The van der Waals surface area contributed by atoms with E-state index in [0.717, 1.165) is 5.76 Å². The Kier molecular flexibility index (Phi) is 5.94. The summed E-state index contributed by atoms with van der Waals surface area (Å²) in [6.07, 6.45) is 1.59. The van der Waals surface area contributed by atoms with Gasteiger partial charge in [-0.2, -0.15) is 0 Å². The maximum Gasteiger partial charge on any atom is 0.251 e. The van der Waals surface area contributed by atoms with Crippen molar-refractivity contribution in [1.82, 2.24) is 10.6 Å². The summed E-state index contributed by atoms with van der Waals surface area (Å²) in [7, 11) is 0. The zero-order chi connectivity index (χ0) is 16.7. The van der Waals surface area contributed by atoms with Gasteiger partial charge in [0.1, 0.15) is 5.76 Å². The van der Waals surface area contributed by atoms with Crippen LogP contribution in [0.15, 0.2) is 47.1 Å². The van der Waals surface area contributed by atoms with Crippen LogP contribution in [-0.2, 0) is 11.3 Å². The Hall–Kier alpha value is -2.60. The number of carbonyl (C=O) groups is 2. The van der Waals surface area contributed by atoms with Crippen LogP contribution < -0.4 is 16.0 Å². The fraction of sp³-hybridized carbons (Fsp3) is 0.294. The maximum absolute atomic E-state index is 11.9. The van der Waals surface area contributed by atoms with Crippen molar-refractivity contribution in [2.45, 2.75) is 26.4 Å². The molecule has 0 spiro atoms. The van der Waals surface area contributed by atoms with Crippen LogP contribution in [0.4, 0.5) is 5.69 Å². The van der Waals surface area contributed by atoms with Crippen molar-refractivity contribution in [2.24, 2.45) is 0 Å². The molecule has 1 heterocycles. The Labute approximate surface area is 135 Å². The third-order valence-electron chi connectivity index (χ3n) is 2.99. The van der Waals surface area contributed by atoms with E-state index in [4.69, 9.17) is 4.42 Å². The summed E-state index contributed by atoms with van der Waals surface area (Å²) >= 11 is 0. The summed E-state index contributed by atoms with van der Waals surface area (Å²) in [5.74, 6) is 0.426. The molecular formula is C17H21N3O3. The van der Waals surface area contributed by atoms with Gasteiger partial charge in [0.15, 0.2) is 0 Å². The Balaban J connectivity index is 1.84. The normalized spacial score (nSPS) is 10.6. The van der Waals surface area contributed by atoms with Gasteiger partial charge in [-0.25, -0.2) is 0 Å². The third-order valence-corrected chi connectivity index (χ3v) is 2.99. The van der Waals surface area contributed by atoms with Crippen LogP contribution in [-0.4, -0.2) is 24.4 Å². The standard InChI is InChI=1S/C17H21N3O3/c1-12(2)19-17(22)13-5-3-6-14(9-13)20-16(21)11-18-10-15-7-4-8-23-15/h3-9,12,18H,10-11H2,1-2H3,(H,19,22)(H,20,21). The van der Waals surface area contributed by atoms with Crippen LogP contribution in [0.25, 0.3) is 0 Å². The highest BCUT2D eigenvalue weighted by Gasteiger charge is 2.09. The van der Waals surface area contributed by atoms with E-state index in [1.54, 1.807) is 36.6 Å². The first-order valence-corrected chi connectivity index (χ1v) is 7.48. The lowest BCUT2D eigenvalue weighted by atomic mass is 10.1. The molecule has 0 aliphatic carbocycles. The van der Waals surface area contributed by atoms with E-state index in [-0.39, 0.29) is 24.4 Å². The topological polar surface area (TPSA) is 83.4 Å². The van der Waals surface area contributed by atoms with Crippen LogP contribution in [0.2, 0.25) is 0 Å². The van der Waals surface area contributed by atoms with E-state index in [1.807, 2.05) is 19.9 Å². The highest BCUT2D eigenvalue weighted by Crippen LogP contribution is 2.10. The first kappa shape index (κ1) is 16.8. The minimum absolute atomic E-state index is 0.0616. The fourth-order valence-corrected chi connectivity index (χ4v) is 2.00. The van der Waals surface area contributed by atoms with Gasteiger partial charge in [-0.15, -0.1) is 0 Å². The Morgan fingerprint density at radius 3 is 2.70 bits per heavy atom. The molecule has 0 aliphatic rings. The van der Waals surface area contributed by atoms with Gasteiger partial charge in [0.2, 0.25) is 5.91 Å². The number of rotatable bonds is 7. The van der Waals surface area contributed by atoms with Crippen molar-refractivity contribution in [1.29, 1.82) is 0 Å². The summed E-state index contributed by atoms with van der Waals surface area (Å²) in [6.45, 7) is 4.43. The molecule has 2 rings (SSSR count). The second-order valence-electron chi connectivity index (χ2n) is 5.44. The molecule has 2 amide bonds. The highest BCUT2D eigenvalue weighted by molar-refractivity contribution is 5.97. The van der Waals surface area contributed by atoms with E-state index in [9.17, 15) is 9.59 Å². The largest absolute Gasteiger partial charge is 0.468 e. The molecule has 3 N–H and O–H groups in total. The average Bonchev–Trinajstić information content (AvgIpc) is 3.00. The van der Waals surface area contributed by atoms with Crippen molar-refractivity contribution < 1.29 is 14.0 Å². The quantitative estimate of drug-likeness (QED) is 0.731. The molecule has 0 unspecified atom stereocenters. The maximum atomic E-state index is 11.9. The van der Waals surface area contributed by atoms with Crippen molar-refractivity contribution in [3.63, 3.8) is 0 Å². The minimum atomic E-state index is -0.182. The number of furan rings is 1. The summed E-state index contributed by atoms with van der Waals surface area (Å²) < 4.78 is 5.17. The zero-order valence-corrected chi connectivity index (χ0v) is 13.3. The minimum Gasteiger partial charge on any atom is -0.468 e. The molecule has 1 aromatic heterocycles. The van der Waals surface area contributed by atoms with Crippen molar-refractivity contribution >= 4 is 17.5 Å². The summed E-state index contributed by atoms with van der Waals surface area (Å²) in [5, 5.41) is 8.56. The first-order chi connectivity index (χ1) is 11.0. The molecule has 0 saturated carbocycles. The summed E-state index contributed by atoms with van der Waals surface area (Å²) in [5.41, 5.74) is 1.10. The van der Waals surface area contributed by atoms with Crippen molar-refractivity contribution in [2.75, 3.05) is 11.9 Å². The number of nitrogens with one attached hydrogen (secondary N) is 3. The Morgan fingerprint density at radius 1 is 1.17 bits per heavy atom. The molecule has 2 aromatic rings. The lowest BCUT2D eigenvalue weighted by molar-refractivity contribution is -0.115. The van der Waals surface area contributed by atoms with Crippen LogP contribution in [0.3, 0.4) is 0 Å². The van der Waals surface area contributed by atoms with Gasteiger partial charge in [-0.1, -0.05) is 6.07 Å². The van der Waals surface area contributed by atoms with Gasteiger partial charge in [0.25, 0.3) is 5.91 Å². The highest BCUT2D eigenvalue weighted by atomic mass is 16.3. The van der Waals surface area contributed by atoms with E-state index < -0.39 is 0 Å². The molecule has 0 bridgehead atoms. The number of hydrogen-bond donors (Lipinski definition) is 3. The summed E-state index contributed by atoms with van der Waals surface area (Å²) in [4.78, 5) is 23.8. The Bertz CT molecular complexity index is 651. The van der Waals surface area contributed by atoms with E-state index >= 15 is 0 Å². The lowest BCUT2D eigenvalue weighted by Crippen LogP contribution is -2.30. The van der Waals surface area contributed by atoms with E-state index in [2.05, 4.69) is 16.0 Å². The predicted octanol–water partition coefficient (Wildman–Crippen LogP) is 2.15. The fourth-order valence-electron chi connectivity index (χ4n) is 2.00. The molecule has 6 nitrogen and oxygen atoms in total. The van der Waals surface area contributed by atoms with E-state index in [1.165, 1.54) is 0 Å². The molecule has 0 atom stereocenters. The lowest BCUT2D eigenvalue weighted by Gasteiger charge is -2.10. The monoisotopic (exact) mass is 315 g/mol. The van der Waals surface area contributed by atoms with Gasteiger partial charge in [-0.05, 0) is 44.2 Å². The molecule has 0 aliphatic heterocycles. The smallest absolute Gasteiger partial charge is 0.251 e. The SMILES string of the molecule is CC(C)NC(=O)c1cccc(NC(=O)CNCc2ccco2)c1. The number of carbonyl (C=O) groups excluding carboxylic acids is 2. The second kappa shape index (κ2) is 8.14. The molecular weight excluding hydrogens is 294 g/mol. The molecule has 6 heteroatoms. The molecule has 0 radical (unpaired) electrons. The van der Waals surface area contributed by atoms with Gasteiger partial charge < -0.3 is 20.4 Å². The van der Waals surface area contributed by atoms with Crippen LogP contribution >= 0.6 is 0 Å². The molecule has 1 aromatic carbocycles. The number of hydrogen-bond acceptors (Lipinski definition) is 4. The van der Waals surface area contributed by atoms with Crippen molar-refractivity contribution in [3.8, 4) is 0 Å². The van der Waals surface area contributed by atoms with Crippen molar-refractivity contribution in [3.05, 3.63) is 54.0 Å². The number of anilines is 1. The Morgan fingerprint density at radius 2 is 2.00 bits per heavy atom. The van der Waals surface area contributed by atoms with Crippen LogP contribution in [0.5, 0.6) is 0 Å². The molecule has 0 saturated heterocycles. The number of amides is 2. The zero-order valence-electron chi connectivity index (χ0n) is 13.3. The van der Waals surface area contributed by atoms with Gasteiger partial charge in [0.05, 0.1) is 19.4 Å². The van der Waals surface area contributed by atoms with Gasteiger partial charge in [0, 0.05) is 17.3 Å². The molecule has 23 heavy (non-hydrogen) atoms. The van der Waals surface area contributed by atoms with Crippen LogP contribution in [0.1, 0.15) is 30.0 Å². The third kappa shape index (κ3) is 5.60. The summed E-state index contributed by atoms with van der Waals surface area (Å²) in [6, 6.07) is 10.5. The predicted molar refractivity (Wildman–Crippen MR) is 88.1 cm³/mol. The average molecular weight is 315 g/mol. The second-order valence-corrected chi connectivity index (χ2v) is 5.44. The van der Waals surface area contributed by atoms with Crippen LogP contribution in [0, 0.1) is 0 Å².